The Bertz CT molecular complexity index is 905. The summed E-state index contributed by atoms with van der Waals surface area (Å²) < 4.78 is 5.69. The highest BCUT2D eigenvalue weighted by molar-refractivity contribution is 6.30. The van der Waals surface area contributed by atoms with E-state index in [9.17, 15) is 4.79 Å². The van der Waals surface area contributed by atoms with E-state index in [-0.39, 0.29) is 11.9 Å². The first kappa shape index (κ1) is 19.6. The molecular weight excluding hydrogens is 386 g/mol. The van der Waals surface area contributed by atoms with Crippen LogP contribution in [0.2, 0.25) is 5.02 Å². The lowest BCUT2D eigenvalue weighted by atomic mass is 10.1. The molecule has 1 saturated heterocycles. The fourth-order valence-corrected chi connectivity index (χ4v) is 3.84. The maximum absolute atomic E-state index is 12.5. The predicted octanol–water partition coefficient (Wildman–Crippen LogP) is 4.23. The van der Waals surface area contributed by atoms with Gasteiger partial charge in [-0.15, -0.1) is 0 Å². The van der Waals surface area contributed by atoms with Gasteiger partial charge >= 0.3 is 0 Å². The van der Waals surface area contributed by atoms with Gasteiger partial charge in [-0.05, 0) is 48.5 Å². The van der Waals surface area contributed by atoms with E-state index in [0.29, 0.717) is 17.1 Å². The third-order valence-corrected chi connectivity index (χ3v) is 5.56. The quantitative estimate of drug-likeness (QED) is 0.662. The molecule has 1 aliphatic heterocycles. The largest absolute Gasteiger partial charge is 0.468 e. The van der Waals surface area contributed by atoms with Crippen molar-refractivity contribution in [2.45, 2.75) is 6.04 Å². The summed E-state index contributed by atoms with van der Waals surface area (Å²) in [4.78, 5) is 17.3. The van der Waals surface area contributed by atoms with Crippen molar-refractivity contribution in [2.75, 3.05) is 37.6 Å². The first-order valence-electron chi connectivity index (χ1n) is 9.82. The predicted molar refractivity (Wildman–Crippen MR) is 115 cm³/mol. The van der Waals surface area contributed by atoms with Crippen LogP contribution in [0.15, 0.2) is 77.4 Å². The Morgan fingerprint density at radius 2 is 1.69 bits per heavy atom. The lowest BCUT2D eigenvalue weighted by molar-refractivity contribution is 0.0923. The summed E-state index contributed by atoms with van der Waals surface area (Å²) in [5.41, 5.74) is 1.85. The second-order valence-electron chi connectivity index (χ2n) is 7.11. The van der Waals surface area contributed by atoms with Crippen molar-refractivity contribution in [3.05, 3.63) is 89.3 Å². The molecule has 1 amide bonds. The standard InChI is InChI=1S/C23H24ClN3O2/c24-19-10-8-18(9-11-19)23(28)25-17-21(22-7-4-16-29-22)27-14-12-26(13-15-27)20-5-2-1-3-6-20/h1-11,16,21H,12-15,17H2,(H,25,28). The molecule has 29 heavy (non-hydrogen) atoms. The molecule has 2 aromatic carbocycles. The minimum absolute atomic E-state index is 0.000765. The Morgan fingerprint density at radius 1 is 0.966 bits per heavy atom. The van der Waals surface area contributed by atoms with Crippen molar-refractivity contribution in [2.24, 2.45) is 0 Å². The molecule has 5 nitrogen and oxygen atoms in total. The third-order valence-electron chi connectivity index (χ3n) is 5.31. The SMILES string of the molecule is O=C(NCC(c1ccco1)N1CCN(c2ccccc2)CC1)c1ccc(Cl)cc1. The van der Waals surface area contributed by atoms with Crippen molar-refractivity contribution in [3.8, 4) is 0 Å². The van der Waals surface area contributed by atoms with Crippen molar-refractivity contribution in [3.63, 3.8) is 0 Å². The number of anilines is 1. The molecule has 1 fully saturated rings. The molecular formula is C23H24ClN3O2. The van der Waals surface area contributed by atoms with E-state index in [2.05, 4.69) is 39.4 Å². The van der Waals surface area contributed by atoms with Crippen LogP contribution in [-0.4, -0.2) is 43.5 Å². The minimum Gasteiger partial charge on any atom is -0.468 e. The van der Waals surface area contributed by atoms with E-state index in [1.807, 2.05) is 18.2 Å². The molecule has 0 saturated carbocycles. The zero-order valence-electron chi connectivity index (χ0n) is 16.1. The number of furan rings is 1. The zero-order valence-corrected chi connectivity index (χ0v) is 16.9. The Kier molecular flexibility index (Phi) is 6.17. The van der Waals surface area contributed by atoms with Crippen LogP contribution in [0.4, 0.5) is 5.69 Å². The number of rotatable bonds is 6. The molecule has 0 aliphatic carbocycles. The van der Waals surface area contributed by atoms with Gasteiger partial charge in [0, 0.05) is 49.0 Å². The van der Waals surface area contributed by atoms with E-state index in [4.69, 9.17) is 16.0 Å². The molecule has 1 atom stereocenters. The highest BCUT2D eigenvalue weighted by Crippen LogP contribution is 2.24. The fourth-order valence-electron chi connectivity index (χ4n) is 3.71. The maximum atomic E-state index is 12.5. The van der Waals surface area contributed by atoms with Crippen LogP contribution in [0.3, 0.4) is 0 Å². The molecule has 150 valence electrons. The monoisotopic (exact) mass is 409 g/mol. The highest BCUT2D eigenvalue weighted by Gasteiger charge is 2.27. The molecule has 1 N–H and O–H groups in total. The van der Waals surface area contributed by atoms with E-state index in [0.717, 1.165) is 31.9 Å². The number of nitrogens with one attached hydrogen (secondary N) is 1. The summed E-state index contributed by atoms with van der Waals surface area (Å²) in [7, 11) is 0. The van der Waals surface area contributed by atoms with Gasteiger partial charge in [-0.3, -0.25) is 9.69 Å². The molecule has 1 aromatic heterocycles. The first-order valence-corrected chi connectivity index (χ1v) is 10.2. The van der Waals surface area contributed by atoms with Crippen LogP contribution in [-0.2, 0) is 0 Å². The van der Waals surface area contributed by atoms with Crippen LogP contribution in [0, 0.1) is 0 Å². The van der Waals surface area contributed by atoms with Crippen LogP contribution in [0.5, 0.6) is 0 Å². The summed E-state index contributed by atoms with van der Waals surface area (Å²) >= 11 is 5.91. The van der Waals surface area contributed by atoms with Crippen molar-refractivity contribution in [1.82, 2.24) is 10.2 Å². The van der Waals surface area contributed by atoms with Gasteiger partial charge in [-0.1, -0.05) is 29.8 Å². The third kappa shape index (κ3) is 4.81. The Labute approximate surface area is 175 Å². The molecule has 0 spiro atoms. The Hall–Kier alpha value is -2.76. The van der Waals surface area contributed by atoms with Gasteiger partial charge in [-0.25, -0.2) is 0 Å². The number of halogens is 1. The van der Waals surface area contributed by atoms with E-state index < -0.39 is 0 Å². The number of nitrogens with zero attached hydrogens (tertiary/aromatic N) is 2. The summed E-state index contributed by atoms with van der Waals surface area (Å²) in [5.74, 6) is 0.760. The number of piperazine rings is 1. The lowest BCUT2D eigenvalue weighted by Gasteiger charge is -2.39. The number of carbonyl (C=O) groups is 1. The summed E-state index contributed by atoms with van der Waals surface area (Å²) in [6, 6.07) is 21.3. The Balaban J connectivity index is 1.40. The fraction of sp³-hybridized carbons (Fsp3) is 0.261. The molecule has 6 heteroatoms. The van der Waals surface area contributed by atoms with Gasteiger partial charge in [0.1, 0.15) is 5.76 Å². The van der Waals surface area contributed by atoms with Gasteiger partial charge in [0.2, 0.25) is 0 Å². The lowest BCUT2D eigenvalue weighted by Crippen LogP contribution is -2.49. The smallest absolute Gasteiger partial charge is 0.251 e. The number of para-hydroxylation sites is 1. The summed E-state index contributed by atoms with van der Waals surface area (Å²) in [6.45, 7) is 4.16. The zero-order chi connectivity index (χ0) is 20.1. The van der Waals surface area contributed by atoms with Crippen molar-refractivity contribution < 1.29 is 9.21 Å². The van der Waals surface area contributed by atoms with Crippen molar-refractivity contribution >= 4 is 23.2 Å². The number of hydrogen-bond acceptors (Lipinski definition) is 4. The van der Waals surface area contributed by atoms with Crippen LogP contribution in [0.25, 0.3) is 0 Å². The molecule has 4 rings (SSSR count). The average molecular weight is 410 g/mol. The number of hydrogen-bond donors (Lipinski definition) is 1. The average Bonchev–Trinajstić information content (AvgIpc) is 3.30. The molecule has 0 radical (unpaired) electrons. The van der Waals surface area contributed by atoms with E-state index in [1.165, 1.54) is 5.69 Å². The van der Waals surface area contributed by atoms with Crippen molar-refractivity contribution in [1.29, 1.82) is 0 Å². The Morgan fingerprint density at radius 3 is 2.34 bits per heavy atom. The highest BCUT2D eigenvalue weighted by atomic mass is 35.5. The number of benzene rings is 2. The van der Waals surface area contributed by atoms with E-state index >= 15 is 0 Å². The molecule has 0 bridgehead atoms. The molecule has 2 heterocycles. The molecule has 1 aliphatic rings. The summed E-state index contributed by atoms with van der Waals surface area (Å²) in [5, 5.41) is 3.67. The van der Waals surface area contributed by atoms with Gasteiger partial charge in [-0.2, -0.15) is 0 Å². The van der Waals surface area contributed by atoms with Gasteiger partial charge in [0.15, 0.2) is 0 Å². The topological polar surface area (TPSA) is 48.7 Å². The van der Waals surface area contributed by atoms with Crippen LogP contribution >= 0.6 is 11.6 Å². The van der Waals surface area contributed by atoms with Gasteiger partial charge in [0.25, 0.3) is 5.91 Å². The number of carbonyl (C=O) groups excluding carboxylic acids is 1. The number of amides is 1. The van der Waals surface area contributed by atoms with Crippen LogP contribution in [0.1, 0.15) is 22.2 Å². The second kappa shape index (κ2) is 9.16. The second-order valence-corrected chi connectivity index (χ2v) is 7.54. The molecule has 3 aromatic rings. The normalized spacial score (nSPS) is 15.8. The van der Waals surface area contributed by atoms with Crippen LogP contribution < -0.4 is 10.2 Å². The maximum Gasteiger partial charge on any atom is 0.251 e. The van der Waals surface area contributed by atoms with Gasteiger partial charge in [0.05, 0.1) is 12.3 Å². The minimum atomic E-state index is -0.110. The van der Waals surface area contributed by atoms with E-state index in [1.54, 1.807) is 30.5 Å². The first-order chi connectivity index (χ1) is 14.2. The molecule has 1 unspecified atom stereocenters. The van der Waals surface area contributed by atoms with Gasteiger partial charge < -0.3 is 14.6 Å². The summed E-state index contributed by atoms with van der Waals surface area (Å²) in [6.07, 6.45) is 1.68.